The molecule has 0 amide bonds. The lowest BCUT2D eigenvalue weighted by Crippen LogP contribution is -2.38. The molecule has 23 heavy (non-hydrogen) atoms. The van der Waals surface area contributed by atoms with Crippen LogP contribution < -0.4 is 15.3 Å². The Kier molecular flexibility index (Phi) is 3.02. The van der Waals surface area contributed by atoms with E-state index in [2.05, 4.69) is 4.98 Å². The second-order valence-corrected chi connectivity index (χ2v) is 5.87. The predicted molar refractivity (Wildman–Crippen MR) is 81.7 cm³/mol. The number of benzene rings is 1. The second-order valence-electron chi connectivity index (χ2n) is 5.87. The summed E-state index contributed by atoms with van der Waals surface area (Å²) in [5.74, 6) is -1.18. The van der Waals surface area contributed by atoms with E-state index in [1.165, 1.54) is 6.07 Å². The van der Waals surface area contributed by atoms with Crippen LogP contribution in [0.5, 0.6) is 5.88 Å². The van der Waals surface area contributed by atoms with Crippen LogP contribution >= 0.6 is 0 Å². The van der Waals surface area contributed by atoms with E-state index in [0.717, 1.165) is 22.8 Å². The van der Waals surface area contributed by atoms with Crippen LogP contribution in [0.4, 0.5) is 14.6 Å². The zero-order valence-electron chi connectivity index (χ0n) is 14.9. The molecule has 1 aliphatic rings. The van der Waals surface area contributed by atoms with Crippen LogP contribution in [0.15, 0.2) is 29.1 Å². The number of likely N-dealkylation sites (N-methyl/N-ethyl adjacent to an activating group) is 1. The highest BCUT2D eigenvalue weighted by Gasteiger charge is 2.34. The summed E-state index contributed by atoms with van der Waals surface area (Å²) in [6.45, 7) is 1.22. The molecule has 2 heterocycles. The fourth-order valence-corrected chi connectivity index (χ4v) is 2.36. The first kappa shape index (κ1) is 13.0. The predicted octanol–water partition coefficient (Wildman–Crippen LogP) is 2.33. The summed E-state index contributed by atoms with van der Waals surface area (Å²) in [6.07, 6.45) is 0. The van der Waals surface area contributed by atoms with E-state index < -0.39 is 29.4 Å². The van der Waals surface area contributed by atoms with Crippen molar-refractivity contribution in [2.24, 2.45) is 0 Å². The Morgan fingerprint density at radius 1 is 1.30 bits per heavy atom. The lowest BCUT2D eigenvalue weighted by Gasteiger charge is -2.28. The molecule has 0 aliphatic carbocycles. The van der Waals surface area contributed by atoms with Gasteiger partial charge in [0, 0.05) is 19.2 Å². The van der Waals surface area contributed by atoms with Crippen molar-refractivity contribution in [1.82, 2.24) is 9.55 Å². The Bertz CT molecular complexity index is 879. The molecule has 7 heteroatoms. The highest BCUT2D eigenvalue weighted by molar-refractivity contribution is 5.47. The fraction of sp³-hybridized carbons (Fsp3) is 0.375. The van der Waals surface area contributed by atoms with Gasteiger partial charge in [0.1, 0.15) is 24.1 Å². The van der Waals surface area contributed by atoms with Gasteiger partial charge in [0.25, 0.3) is 0 Å². The minimum atomic E-state index is -1.95. The van der Waals surface area contributed by atoms with Gasteiger partial charge in [0.05, 0.1) is 14.8 Å². The summed E-state index contributed by atoms with van der Waals surface area (Å²) in [4.78, 5) is 17.6. The normalized spacial score (nSPS) is 19.1. The third-order valence-corrected chi connectivity index (χ3v) is 3.76. The van der Waals surface area contributed by atoms with Crippen molar-refractivity contribution >= 4 is 5.82 Å². The molecule has 0 spiro atoms. The van der Waals surface area contributed by atoms with E-state index in [1.54, 1.807) is 25.8 Å². The number of ether oxygens (including phenoxy) is 1. The van der Waals surface area contributed by atoms with Crippen molar-refractivity contribution in [1.29, 1.82) is 0 Å². The Hall–Kier alpha value is -2.44. The van der Waals surface area contributed by atoms with Crippen molar-refractivity contribution in [3.05, 3.63) is 51.9 Å². The van der Waals surface area contributed by atoms with Crippen molar-refractivity contribution < 1.29 is 16.3 Å². The van der Waals surface area contributed by atoms with Crippen molar-refractivity contribution in [3.63, 3.8) is 0 Å². The van der Waals surface area contributed by atoms with E-state index >= 15 is 0 Å². The lowest BCUT2D eigenvalue weighted by atomic mass is 10.1. The van der Waals surface area contributed by atoms with Crippen molar-refractivity contribution in [3.8, 4) is 5.88 Å². The van der Waals surface area contributed by atoms with Gasteiger partial charge in [-0.15, -0.1) is 0 Å². The third kappa shape index (κ3) is 2.91. The van der Waals surface area contributed by atoms with E-state index in [0.29, 0.717) is 5.82 Å². The number of hydrogen-bond acceptors (Lipinski definition) is 4. The molecule has 3 rings (SSSR count). The summed E-state index contributed by atoms with van der Waals surface area (Å²) in [5, 5.41) is 0. The highest BCUT2D eigenvalue weighted by atomic mass is 19.1. The van der Waals surface area contributed by atoms with Crippen LogP contribution in [-0.4, -0.2) is 22.1 Å². The van der Waals surface area contributed by atoms with Crippen molar-refractivity contribution in [2.75, 3.05) is 11.9 Å². The topological polar surface area (TPSA) is 47.4 Å². The number of hydrogen-bond donors (Lipinski definition) is 0. The Labute approximate surface area is 134 Å². The first-order valence-corrected chi connectivity index (χ1v) is 7.00. The largest absolute Gasteiger partial charge is 0.473 e. The Morgan fingerprint density at radius 2 is 1.96 bits per heavy atom. The molecule has 0 bridgehead atoms. The number of halogens is 2. The van der Waals surface area contributed by atoms with E-state index in [-0.39, 0.29) is 18.1 Å². The molecule has 1 aliphatic heterocycles. The maximum atomic E-state index is 13.2. The number of fused-ring (bicyclic) bond motifs is 1. The molecule has 0 radical (unpaired) electrons. The van der Waals surface area contributed by atoms with E-state index in [4.69, 9.17) is 7.48 Å². The quantitative estimate of drug-likeness (QED) is 0.870. The number of aromatic nitrogens is 2. The van der Waals surface area contributed by atoms with Crippen molar-refractivity contribution in [2.45, 2.75) is 32.5 Å². The van der Waals surface area contributed by atoms with Gasteiger partial charge in [-0.2, -0.15) is 4.98 Å². The first-order chi connectivity index (χ1) is 11.5. The van der Waals surface area contributed by atoms with Gasteiger partial charge in [-0.3, -0.25) is 4.57 Å². The summed E-state index contributed by atoms with van der Waals surface area (Å²) in [7, 11) is 1.67. The molecule has 122 valence electrons. The maximum absolute atomic E-state index is 13.2. The molecule has 0 N–H and O–H groups in total. The van der Waals surface area contributed by atoms with Crippen LogP contribution in [0.25, 0.3) is 0 Å². The molecule has 1 aromatic heterocycles. The molecular weight excluding hydrogens is 304 g/mol. The van der Waals surface area contributed by atoms with Crippen LogP contribution in [0.2, 0.25) is 0 Å². The zero-order valence-corrected chi connectivity index (χ0v) is 12.9. The number of rotatable bonds is 3. The standard InChI is InChI=1S/C16H17F2N3O2/c1-16(2)9-21-14(20(16)3)7-13(19-15(21)22)23-8-10-4-11(17)6-12(18)5-10/h4-7H,8-9H2,1-3H3/i9D2. The monoisotopic (exact) mass is 323 g/mol. The molecule has 5 nitrogen and oxygen atoms in total. The van der Waals surface area contributed by atoms with Crippen LogP contribution in [0, 0.1) is 11.6 Å². The van der Waals surface area contributed by atoms with E-state index in [1.807, 2.05) is 0 Å². The fourth-order valence-electron chi connectivity index (χ4n) is 2.36. The van der Waals surface area contributed by atoms with Crippen LogP contribution in [-0.2, 0) is 13.1 Å². The molecule has 0 atom stereocenters. The lowest BCUT2D eigenvalue weighted by molar-refractivity contribution is 0.290. The summed E-state index contributed by atoms with van der Waals surface area (Å²) in [5.41, 5.74) is -1.50. The zero-order chi connectivity index (χ0) is 18.6. The molecule has 0 fully saturated rings. The highest BCUT2D eigenvalue weighted by Crippen LogP contribution is 2.31. The van der Waals surface area contributed by atoms with Gasteiger partial charge >= 0.3 is 5.69 Å². The molecular formula is C16H17F2N3O2. The van der Waals surface area contributed by atoms with Gasteiger partial charge < -0.3 is 9.64 Å². The average molecular weight is 323 g/mol. The Morgan fingerprint density at radius 3 is 2.61 bits per heavy atom. The molecule has 0 saturated carbocycles. The van der Waals surface area contributed by atoms with Gasteiger partial charge in [0.2, 0.25) is 5.88 Å². The maximum Gasteiger partial charge on any atom is 0.352 e. The number of nitrogens with zero attached hydrogens (tertiary/aromatic N) is 3. The summed E-state index contributed by atoms with van der Waals surface area (Å²) in [6, 6.07) is 4.43. The van der Waals surface area contributed by atoms with E-state index in [9.17, 15) is 13.6 Å². The van der Waals surface area contributed by atoms with Gasteiger partial charge in [-0.25, -0.2) is 13.6 Å². The summed E-state index contributed by atoms with van der Waals surface area (Å²) >= 11 is 0. The molecule has 0 saturated heterocycles. The second kappa shape index (κ2) is 5.33. The minimum absolute atomic E-state index is 0.0405. The number of anilines is 1. The van der Waals surface area contributed by atoms with Gasteiger partial charge in [0.15, 0.2) is 0 Å². The van der Waals surface area contributed by atoms with Crippen LogP contribution in [0.1, 0.15) is 22.2 Å². The third-order valence-electron chi connectivity index (χ3n) is 3.76. The Balaban J connectivity index is 1.93. The van der Waals surface area contributed by atoms with Gasteiger partial charge in [-0.1, -0.05) is 0 Å². The van der Waals surface area contributed by atoms with Crippen LogP contribution in [0.3, 0.4) is 0 Å². The molecule has 2 aromatic rings. The van der Waals surface area contributed by atoms with Gasteiger partial charge in [-0.05, 0) is 31.5 Å². The average Bonchev–Trinajstić information content (AvgIpc) is 2.62. The summed E-state index contributed by atoms with van der Waals surface area (Å²) < 4.78 is 49.2. The first-order valence-electron chi connectivity index (χ1n) is 8.00. The SMILES string of the molecule is [2H]C1([2H])n2c(cc(OCc3cc(F)cc(F)c3)nc2=O)N(C)C1(C)C. The smallest absolute Gasteiger partial charge is 0.352 e. The molecule has 1 aromatic carbocycles. The molecule has 0 unspecified atom stereocenters. The minimum Gasteiger partial charge on any atom is -0.473 e.